The van der Waals surface area contributed by atoms with Crippen LogP contribution in [0.4, 0.5) is 13.2 Å². The Morgan fingerprint density at radius 1 is 1.13 bits per heavy atom. The van der Waals surface area contributed by atoms with Crippen molar-refractivity contribution in [2.45, 2.75) is 24.9 Å². The third-order valence-electron chi connectivity index (χ3n) is 5.06. The van der Waals surface area contributed by atoms with Crippen LogP contribution in [0, 0.1) is 0 Å². The van der Waals surface area contributed by atoms with Gasteiger partial charge in [-0.15, -0.1) is 5.10 Å². The number of nitrogens with one attached hydrogen (secondary N) is 1. The maximum absolute atomic E-state index is 12.8. The minimum atomic E-state index is -4.45. The predicted molar refractivity (Wildman–Crippen MR) is 101 cm³/mol. The molecule has 1 aliphatic rings. The molecule has 1 aromatic carbocycles. The van der Waals surface area contributed by atoms with Crippen LogP contribution in [0.5, 0.6) is 0 Å². The zero-order chi connectivity index (χ0) is 21.3. The lowest BCUT2D eigenvalue weighted by Crippen LogP contribution is -2.39. The van der Waals surface area contributed by atoms with E-state index in [-0.39, 0.29) is 17.4 Å². The first-order chi connectivity index (χ1) is 14.3. The molecule has 1 amide bonds. The molecule has 2 aromatic heterocycles. The number of H-pyrrole nitrogens is 1. The number of carbonyl (C=O) groups is 1. The van der Waals surface area contributed by atoms with Crippen LogP contribution >= 0.6 is 0 Å². The molecule has 3 heterocycles. The van der Waals surface area contributed by atoms with Crippen molar-refractivity contribution in [3.8, 4) is 5.82 Å². The Morgan fingerprint density at radius 2 is 1.90 bits per heavy atom. The third kappa shape index (κ3) is 3.98. The first-order valence-electron chi connectivity index (χ1n) is 9.40. The quantitative estimate of drug-likeness (QED) is 0.710. The molecule has 0 radical (unpaired) electrons. The number of benzene rings is 1. The van der Waals surface area contributed by atoms with Crippen LogP contribution in [0.1, 0.15) is 40.5 Å². The van der Waals surface area contributed by atoms with Gasteiger partial charge in [-0.3, -0.25) is 9.78 Å². The van der Waals surface area contributed by atoms with E-state index in [0.717, 1.165) is 18.6 Å². The van der Waals surface area contributed by atoms with Gasteiger partial charge >= 0.3 is 11.9 Å². The molecule has 4 rings (SSSR count). The van der Waals surface area contributed by atoms with Crippen LogP contribution in [0.3, 0.4) is 0 Å². The number of likely N-dealkylation sites (tertiary alicyclic amines) is 1. The lowest BCUT2D eigenvalue weighted by atomic mass is 9.96. The lowest BCUT2D eigenvalue weighted by molar-refractivity contribution is -0.137. The average Bonchev–Trinajstić information content (AvgIpc) is 3.15. The lowest BCUT2D eigenvalue weighted by Gasteiger charge is -2.31. The standard InChI is InChI=1S/C20H18F3N5O2/c21-20(22,23)15-8-6-13(7-9-15)18(29)27-11-3-4-14(12-27)17-25-19(30)28(26-17)16-5-1-2-10-24-16/h1-2,5-10,14H,3-4,11-12H2,(H,25,26,30). The maximum atomic E-state index is 12.8. The number of aromatic amines is 1. The third-order valence-corrected chi connectivity index (χ3v) is 5.06. The highest BCUT2D eigenvalue weighted by Crippen LogP contribution is 2.30. The molecule has 0 aliphatic carbocycles. The average molecular weight is 417 g/mol. The minimum absolute atomic E-state index is 0.185. The molecule has 1 atom stereocenters. The highest BCUT2D eigenvalue weighted by molar-refractivity contribution is 5.94. The van der Waals surface area contributed by atoms with E-state index >= 15 is 0 Å². The van der Waals surface area contributed by atoms with Crippen molar-refractivity contribution in [1.29, 1.82) is 0 Å². The summed E-state index contributed by atoms with van der Waals surface area (Å²) in [5.74, 6) is 0.309. The largest absolute Gasteiger partial charge is 0.416 e. The van der Waals surface area contributed by atoms with Gasteiger partial charge in [-0.2, -0.15) is 17.9 Å². The van der Waals surface area contributed by atoms with Crippen molar-refractivity contribution in [2.75, 3.05) is 13.1 Å². The number of amides is 1. The van der Waals surface area contributed by atoms with E-state index in [1.807, 2.05) is 0 Å². The molecule has 0 bridgehead atoms. The highest BCUT2D eigenvalue weighted by atomic mass is 19.4. The Hall–Kier alpha value is -3.43. The van der Waals surface area contributed by atoms with E-state index in [1.54, 1.807) is 29.3 Å². The zero-order valence-electron chi connectivity index (χ0n) is 15.8. The summed E-state index contributed by atoms with van der Waals surface area (Å²) in [6.45, 7) is 0.802. The summed E-state index contributed by atoms with van der Waals surface area (Å²) in [6, 6.07) is 9.32. The van der Waals surface area contributed by atoms with Crippen molar-refractivity contribution < 1.29 is 18.0 Å². The number of hydrogen-bond donors (Lipinski definition) is 1. The SMILES string of the molecule is O=C(c1ccc(C(F)(F)F)cc1)N1CCCC(c2nn(-c3ccccn3)c(=O)[nH]2)C1. The van der Waals surface area contributed by atoms with Crippen LogP contribution in [-0.4, -0.2) is 43.6 Å². The van der Waals surface area contributed by atoms with Gasteiger partial charge in [0, 0.05) is 30.8 Å². The van der Waals surface area contributed by atoms with Gasteiger partial charge in [-0.1, -0.05) is 6.07 Å². The molecule has 1 saturated heterocycles. The van der Waals surface area contributed by atoms with Gasteiger partial charge in [-0.25, -0.2) is 9.78 Å². The van der Waals surface area contributed by atoms with Crippen molar-refractivity contribution in [2.24, 2.45) is 0 Å². The van der Waals surface area contributed by atoms with E-state index in [0.29, 0.717) is 31.2 Å². The van der Waals surface area contributed by atoms with E-state index in [1.165, 1.54) is 16.8 Å². The summed E-state index contributed by atoms with van der Waals surface area (Å²) in [5, 5.41) is 4.33. The second-order valence-corrected chi connectivity index (χ2v) is 7.08. The van der Waals surface area contributed by atoms with E-state index in [4.69, 9.17) is 0 Å². The molecule has 3 aromatic rings. The Balaban J connectivity index is 1.51. The molecule has 1 aliphatic heterocycles. The fraction of sp³-hybridized carbons (Fsp3) is 0.300. The normalized spacial score (nSPS) is 17.2. The van der Waals surface area contributed by atoms with Gasteiger partial charge in [0.05, 0.1) is 5.56 Å². The smallest absolute Gasteiger partial charge is 0.338 e. The molecule has 30 heavy (non-hydrogen) atoms. The predicted octanol–water partition coefficient (Wildman–Crippen LogP) is 2.99. The summed E-state index contributed by atoms with van der Waals surface area (Å²) in [5.41, 5.74) is -1.03. The van der Waals surface area contributed by atoms with E-state index < -0.39 is 17.4 Å². The van der Waals surface area contributed by atoms with Gasteiger partial charge < -0.3 is 4.90 Å². The molecule has 0 saturated carbocycles. The summed E-state index contributed by atoms with van der Waals surface area (Å²) in [6.07, 6.45) is -1.47. The van der Waals surface area contributed by atoms with Gasteiger partial charge in [0.25, 0.3) is 5.91 Å². The number of hydrogen-bond acceptors (Lipinski definition) is 4. The van der Waals surface area contributed by atoms with Crippen LogP contribution < -0.4 is 5.69 Å². The molecule has 1 unspecified atom stereocenters. The van der Waals surface area contributed by atoms with Crippen LogP contribution in [0.2, 0.25) is 0 Å². The zero-order valence-corrected chi connectivity index (χ0v) is 15.8. The van der Waals surface area contributed by atoms with Crippen LogP contribution in [0.25, 0.3) is 5.82 Å². The molecule has 1 N–H and O–H groups in total. The summed E-state index contributed by atoms with van der Waals surface area (Å²) in [4.78, 5) is 33.5. The fourth-order valence-electron chi connectivity index (χ4n) is 3.53. The summed E-state index contributed by atoms with van der Waals surface area (Å²) < 4.78 is 39.4. The van der Waals surface area contributed by atoms with Crippen molar-refractivity contribution in [3.63, 3.8) is 0 Å². The van der Waals surface area contributed by atoms with E-state index in [9.17, 15) is 22.8 Å². The van der Waals surface area contributed by atoms with Crippen molar-refractivity contribution in [1.82, 2.24) is 24.6 Å². The van der Waals surface area contributed by atoms with Crippen molar-refractivity contribution in [3.05, 3.63) is 76.1 Å². The number of halogens is 3. The van der Waals surface area contributed by atoms with Gasteiger partial charge in [0.2, 0.25) is 0 Å². The van der Waals surface area contributed by atoms with Gasteiger partial charge in [0.1, 0.15) is 5.82 Å². The fourth-order valence-corrected chi connectivity index (χ4v) is 3.53. The second-order valence-electron chi connectivity index (χ2n) is 7.08. The minimum Gasteiger partial charge on any atom is -0.338 e. The molecular formula is C20H18F3N5O2. The van der Waals surface area contributed by atoms with E-state index in [2.05, 4.69) is 15.1 Å². The molecule has 0 spiro atoms. The Bertz CT molecular complexity index is 1090. The van der Waals surface area contributed by atoms with Crippen LogP contribution in [0.15, 0.2) is 53.5 Å². The Labute approximate surface area is 169 Å². The number of aromatic nitrogens is 4. The first kappa shape index (κ1) is 19.9. The van der Waals surface area contributed by atoms with Crippen molar-refractivity contribution >= 4 is 5.91 Å². The van der Waals surface area contributed by atoms with Crippen LogP contribution in [-0.2, 0) is 6.18 Å². The molecule has 1 fully saturated rings. The molecule has 7 nitrogen and oxygen atoms in total. The number of nitrogens with zero attached hydrogens (tertiary/aromatic N) is 4. The first-order valence-corrected chi connectivity index (χ1v) is 9.40. The molecule has 156 valence electrons. The maximum Gasteiger partial charge on any atom is 0.416 e. The Kier molecular flexibility index (Phi) is 5.15. The number of piperidine rings is 1. The monoisotopic (exact) mass is 417 g/mol. The number of alkyl halides is 3. The molecule has 10 heteroatoms. The van der Waals surface area contributed by atoms with Gasteiger partial charge in [-0.05, 0) is 49.2 Å². The summed E-state index contributed by atoms with van der Waals surface area (Å²) in [7, 11) is 0. The summed E-state index contributed by atoms with van der Waals surface area (Å²) >= 11 is 0. The highest BCUT2D eigenvalue weighted by Gasteiger charge is 2.31. The molecular weight excluding hydrogens is 399 g/mol. The number of carbonyl (C=O) groups excluding carboxylic acids is 1. The number of rotatable bonds is 3. The van der Waals surface area contributed by atoms with Gasteiger partial charge in [0.15, 0.2) is 5.82 Å². The number of pyridine rings is 1. The Morgan fingerprint density at radius 3 is 2.57 bits per heavy atom. The second kappa shape index (κ2) is 7.77. The topological polar surface area (TPSA) is 83.9 Å².